The van der Waals surface area contributed by atoms with Gasteiger partial charge in [0.15, 0.2) is 0 Å². The van der Waals surface area contributed by atoms with E-state index in [2.05, 4.69) is 22.0 Å². The Kier molecular flexibility index (Phi) is 5.58. The maximum atomic E-state index is 12.2. The summed E-state index contributed by atoms with van der Waals surface area (Å²) in [6.45, 7) is 7.28. The summed E-state index contributed by atoms with van der Waals surface area (Å²) in [4.78, 5) is 30.6. The molecule has 0 aromatic heterocycles. The van der Waals surface area contributed by atoms with Crippen molar-refractivity contribution in [2.24, 2.45) is 5.92 Å². The molecule has 2 heterocycles. The Hall–Kier alpha value is -2.08. The van der Waals surface area contributed by atoms with E-state index in [0.717, 1.165) is 32.1 Å². The molecule has 2 amide bonds. The van der Waals surface area contributed by atoms with E-state index in [0.29, 0.717) is 18.8 Å². The SMILES string of the molecule is CC1CCN(c2ccc(NC(=O)C(=O)N3CCN(C)CC3)cc2)CC1. The molecule has 3 rings (SSSR count). The molecule has 2 aliphatic heterocycles. The molecule has 0 spiro atoms. The second-order valence-corrected chi connectivity index (χ2v) is 7.27. The number of hydrogen-bond donors (Lipinski definition) is 1. The summed E-state index contributed by atoms with van der Waals surface area (Å²) < 4.78 is 0. The number of anilines is 2. The predicted molar refractivity (Wildman–Crippen MR) is 99.8 cm³/mol. The van der Waals surface area contributed by atoms with Gasteiger partial charge in [-0.25, -0.2) is 0 Å². The Morgan fingerprint density at radius 3 is 2.16 bits per heavy atom. The summed E-state index contributed by atoms with van der Waals surface area (Å²) in [5.74, 6) is -0.193. The van der Waals surface area contributed by atoms with Gasteiger partial charge in [0.2, 0.25) is 0 Å². The van der Waals surface area contributed by atoms with Crippen LogP contribution in [0.3, 0.4) is 0 Å². The van der Waals surface area contributed by atoms with Crippen molar-refractivity contribution in [2.45, 2.75) is 19.8 Å². The van der Waals surface area contributed by atoms with Gasteiger partial charge in [0.25, 0.3) is 0 Å². The van der Waals surface area contributed by atoms with Gasteiger partial charge in [0.1, 0.15) is 0 Å². The monoisotopic (exact) mass is 344 g/mol. The molecule has 136 valence electrons. The third-order valence-corrected chi connectivity index (χ3v) is 5.26. The fraction of sp³-hybridized carbons (Fsp3) is 0.579. The molecule has 0 aliphatic carbocycles. The number of nitrogens with zero attached hydrogens (tertiary/aromatic N) is 3. The summed E-state index contributed by atoms with van der Waals surface area (Å²) >= 11 is 0. The van der Waals surface area contributed by atoms with E-state index < -0.39 is 11.8 Å². The highest BCUT2D eigenvalue weighted by Gasteiger charge is 2.25. The molecule has 2 saturated heterocycles. The largest absolute Gasteiger partial charge is 0.372 e. The fourth-order valence-electron chi connectivity index (χ4n) is 3.36. The molecule has 2 aliphatic rings. The van der Waals surface area contributed by atoms with Crippen LogP contribution >= 0.6 is 0 Å². The number of piperidine rings is 1. The first kappa shape index (κ1) is 17.7. The van der Waals surface area contributed by atoms with Gasteiger partial charge < -0.3 is 20.0 Å². The Morgan fingerprint density at radius 1 is 0.960 bits per heavy atom. The van der Waals surface area contributed by atoms with Crippen molar-refractivity contribution in [3.63, 3.8) is 0 Å². The summed E-state index contributed by atoms with van der Waals surface area (Å²) in [5.41, 5.74) is 1.84. The first-order valence-corrected chi connectivity index (χ1v) is 9.17. The number of likely N-dealkylation sites (N-methyl/N-ethyl adjacent to an activating group) is 1. The van der Waals surface area contributed by atoms with Crippen LogP contribution in [0.15, 0.2) is 24.3 Å². The van der Waals surface area contributed by atoms with Crippen LogP contribution < -0.4 is 10.2 Å². The molecule has 6 heteroatoms. The number of benzene rings is 1. The number of piperazine rings is 1. The molecule has 0 bridgehead atoms. The quantitative estimate of drug-likeness (QED) is 0.829. The normalized spacial score (nSPS) is 19.8. The molecule has 1 aromatic carbocycles. The number of carbonyl (C=O) groups excluding carboxylic acids is 2. The summed E-state index contributed by atoms with van der Waals surface area (Å²) in [7, 11) is 2.02. The zero-order valence-corrected chi connectivity index (χ0v) is 15.2. The molecule has 1 aromatic rings. The standard InChI is InChI=1S/C19H28N4O2/c1-15-7-9-22(10-8-15)17-5-3-16(4-6-17)20-18(24)19(25)23-13-11-21(2)12-14-23/h3-6,15H,7-14H2,1-2H3,(H,20,24). The highest BCUT2D eigenvalue weighted by molar-refractivity contribution is 6.39. The van der Waals surface area contributed by atoms with Gasteiger partial charge in [-0.15, -0.1) is 0 Å². The Bertz CT molecular complexity index is 600. The smallest absolute Gasteiger partial charge is 0.313 e. The molecular weight excluding hydrogens is 316 g/mol. The Morgan fingerprint density at radius 2 is 1.56 bits per heavy atom. The third-order valence-electron chi connectivity index (χ3n) is 5.26. The van der Waals surface area contributed by atoms with Crippen molar-refractivity contribution in [1.29, 1.82) is 0 Å². The number of hydrogen-bond acceptors (Lipinski definition) is 4. The summed E-state index contributed by atoms with van der Waals surface area (Å²) in [6.07, 6.45) is 2.44. The lowest BCUT2D eigenvalue weighted by Crippen LogP contribution is -2.50. The number of rotatable bonds is 2. The fourth-order valence-corrected chi connectivity index (χ4v) is 3.36. The van der Waals surface area contributed by atoms with E-state index in [1.807, 2.05) is 31.3 Å². The number of amides is 2. The zero-order chi connectivity index (χ0) is 17.8. The predicted octanol–water partition coefficient (Wildman–Crippen LogP) is 1.64. The molecule has 0 saturated carbocycles. The van der Waals surface area contributed by atoms with Crippen LogP contribution in [0.5, 0.6) is 0 Å². The van der Waals surface area contributed by atoms with E-state index in [1.165, 1.54) is 18.5 Å². The minimum absolute atomic E-state index is 0.442. The lowest BCUT2D eigenvalue weighted by atomic mass is 9.99. The van der Waals surface area contributed by atoms with Crippen LogP contribution in [0.25, 0.3) is 0 Å². The van der Waals surface area contributed by atoms with Crippen molar-refractivity contribution in [2.75, 3.05) is 56.5 Å². The van der Waals surface area contributed by atoms with Crippen LogP contribution in [0.2, 0.25) is 0 Å². The lowest BCUT2D eigenvalue weighted by molar-refractivity contribution is -0.144. The zero-order valence-electron chi connectivity index (χ0n) is 15.2. The molecule has 0 unspecified atom stereocenters. The molecule has 25 heavy (non-hydrogen) atoms. The van der Waals surface area contributed by atoms with Crippen LogP contribution in [0, 0.1) is 5.92 Å². The van der Waals surface area contributed by atoms with Gasteiger partial charge in [0.05, 0.1) is 0 Å². The van der Waals surface area contributed by atoms with Crippen molar-refractivity contribution in [3.8, 4) is 0 Å². The summed E-state index contributed by atoms with van der Waals surface area (Å²) in [5, 5.41) is 2.73. The topological polar surface area (TPSA) is 55.9 Å². The van der Waals surface area contributed by atoms with E-state index in [9.17, 15) is 9.59 Å². The lowest BCUT2D eigenvalue weighted by Gasteiger charge is -2.32. The van der Waals surface area contributed by atoms with E-state index in [-0.39, 0.29) is 0 Å². The van der Waals surface area contributed by atoms with Crippen LogP contribution in [-0.2, 0) is 9.59 Å². The first-order valence-electron chi connectivity index (χ1n) is 9.17. The second kappa shape index (κ2) is 7.87. The molecule has 2 fully saturated rings. The number of carbonyl (C=O) groups is 2. The van der Waals surface area contributed by atoms with Crippen LogP contribution in [0.4, 0.5) is 11.4 Å². The van der Waals surface area contributed by atoms with Gasteiger partial charge in [-0.1, -0.05) is 6.92 Å². The van der Waals surface area contributed by atoms with Gasteiger partial charge in [-0.3, -0.25) is 9.59 Å². The summed E-state index contributed by atoms with van der Waals surface area (Å²) in [6, 6.07) is 7.79. The van der Waals surface area contributed by atoms with E-state index in [1.54, 1.807) is 4.90 Å². The average molecular weight is 344 g/mol. The molecule has 6 nitrogen and oxygen atoms in total. The van der Waals surface area contributed by atoms with Crippen molar-refractivity contribution < 1.29 is 9.59 Å². The molecule has 0 atom stereocenters. The van der Waals surface area contributed by atoms with Crippen LogP contribution in [-0.4, -0.2) is 67.9 Å². The van der Waals surface area contributed by atoms with E-state index >= 15 is 0 Å². The minimum Gasteiger partial charge on any atom is -0.372 e. The minimum atomic E-state index is -0.552. The highest BCUT2D eigenvalue weighted by Crippen LogP contribution is 2.24. The Balaban J connectivity index is 1.54. The van der Waals surface area contributed by atoms with Crippen molar-refractivity contribution in [3.05, 3.63) is 24.3 Å². The maximum Gasteiger partial charge on any atom is 0.313 e. The van der Waals surface area contributed by atoms with Gasteiger partial charge in [-0.2, -0.15) is 0 Å². The molecular formula is C19H28N4O2. The first-order chi connectivity index (χ1) is 12.0. The molecule has 0 radical (unpaired) electrons. The average Bonchev–Trinajstić information content (AvgIpc) is 2.63. The van der Waals surface area contributed by atoms with E-state index in [4.69, 9.17) is 0 Å². The van der Waals surface area contributed by atoms with Crippen molar-refractivity contribution >= 4 is 23.2 Å². The second-order valence-electron chi connectivity index (χ2n) is 7.27. The molecule has 1 N–H and O–H groups in total. The number of nitrogens with one attached hydrogen (secondary N) is 1. The van der Waals surface area contributed by atoms with Gasteiger partial charge >= 0.3 is 11.8 Å². The Labute approximate surface area is 149 Å². The van der Waals surface area contributed by atoms with Gasteiger partial charge in [0, 0.05) is 50.6 Å². The third kappa shape index (κ3) is 4.51. The maximum absolute atomic E-state index is 12.2. The van der Waals surface area contributed by atoms with Crippen LogP contribution in [0.1, 0.15) is 19.8 Å². The van der Waals surface area contributed by atoms with Gasteiger partial charge in [-0.05, 0) is 50.1 Å². The highest BCUT2D eigenvalue weighted by atomic mass is 16.2. The van der Waals surface area contributed by atoms with Crippen molar-refractivity contribution in [1.82, 2.24) is 9.80 Å².